The van der Waals surface area contributed by atoms with Gasteiger partial charge in [0.2, 0.25) is 0 Å². The van der Waals surface area contributed by atoms with Crippen LogP contribution in [-0.2, 0) is 4.79 Å². The second-order valence-corrected chi connectivity index (χ2v) is 9.01. The fourth-order valence-electron chi connectivity index (χ4n) is 6.81. The summed E-state index contributed by atoms with van der Waals surface area (Å²) in [4.78, 5) is 12.4. The molecule has 0 aromatic heterocycles. The van der Waals surface area contributed by atoms with E-state index >= 15 is 0 Å². The fraction of sp³-hybridized carbons (Fsp3) is 0.682. The number of aliphatic hydroxyl groups is 1. The molecule has 2 nitrogen and oxygen atoms in total. The number of hydrogen-bond donors (Lipinski definition) is 1. The van der Waals surface area contributed by atoms with Gasteiger partial charge in [-0.05, 0) is 73.3 Å². The number of hydrogen-bond acceptors (Lipinski definition) is 2. The lowest BCUT2D eigenvalue weighted by Gasteiger charge is -2.57. The van der Waals surface area contributed by atoms with Crippen LogP contribution < -0.4 is 0 Å². The molecule has 0 aromatic carbocycles. The van der Waals surface area contributed by atoms with Gasteiger partial charge >= 0.3 is 0 Å². The highest BCUT2D eigenvalue weighted by molar-refractivity contribution is 6.06. The van der Waals surface area contributed by atoms with Gasteiger partial charge in [-0.25, -0.2) is 0 Å². The van der Waals surface area contributed by atoms with Crippen LogP contribution in [0.4, 0.5) is 0 Å². The van der Waals surface area contributed by atoms with Gasteiger partial charge in [-0.15, -0.1) is 0 Å². The second-order valence-electron chi connectivity index (χ2n) is 9.01. The first-order valence-electron chi connectivity index (χ1n) is 9.66. The Balaban J connectivity index is 1.80. The van der Waals surface area contributed by atoms with Gasteiger partial charge in [0.15, 0.2) is 5.78 Å². The van der Waals surface area contributed by atoms with E-state index in [-0.39, 0.29) is 22.7 Å². The molecule has 2 heteroatoms. The highest BCUT2D eigenvalue weighted by Crippen LogP contribution is 2.65. The summed E-state index contributed by atoms with van der Waals surface area (Å²) in [5, 5.41) is 10.6. The van der Waals surface area contributed by atoms with Crippen molar-refractivity contribution >= 4 is 5.78 Å². The molecule has 3 saturated carbocycles. The molecule has 0 heterocycles. The Hall–Kier alpha value is -1.15. The average molecular weight is 326 g/mol. The summed E-state index contributed by atoms with van der Waals surface area (Å²) in [6, 6.07) is 0. The third-order valence-corrected chi connectivity index (χ3v) is 8.07. The van der Waals surface area contributed by atoms with Crippen molar-refractivity contribution in [3.8, 4) is 0 Å². The van der Waals surface area contributed by atoms with Crippen molar-refractivity contribution < 1.29 is 9.90 Å². The topological polar surface area (TPSA) is 37.3 Å². The average Bonchev–Trinajstić information content (AvgIpc) is 2.84. The lowest BCUT2D eigenvalue weighted by Crippen LogP contribution is -2.51. The standard InChI is InChI=1S/C22H30O2/c1-5-14-18(23)9-11-22(4)17-8-10-21(3)16(6-7-19(21)24)15(17)12-13(2)20(14)22/h9,11,15-17,19,24H,2,5-8,10,12H2,1,3-4H3/t15-,16-,17-,19-,21-,22+/m0/s1. The molecule has 0 aromatic rings. The van der Waals surface area contributed by atoms with Crippen LogP contribution in [0.25, 0.3) is 0 Å². The molecule has 130 valence electrons. The maximum Gasteiger partial charge on any atom is 0.181 e. The van der Waals surface area contributed by atoms with Crippen LogP contribution in [0.2, 0.25) is 0 Å². The van der Waals surface area contributed by atoms with Gasteiger partial charge in [0.25, 0.3) is 0 Å². The minimum Gasteiger partial charge on any atom is -0.393 e. The zero-order chi connectivity index (χ0) is 17.3. The van der Waals surface area contributed by atoms with E-state index in [1.165, 1.54) is 11.1 Å². The maximum absolute atomic E-state index is 12.4. The molecule has 0 saturated heterocycles. The smallest absolute Gasteiger partial charge is 0.181 e. The molecular weight excluding hydrogens is 296 g/mol. The summed E-state index contributed by atoms with van der Waals surface area (Å²) in [5.74, 6) is 1.95. The second kappa shape index (κ2) is 5.17. The van der Waals surface area contributed by atoms with Gasteiger partial charge in [-0.3, -0.25) is 4.79 Å². The lowest BCUT2D eigenvalue weighted by atomic mass is 9.47. The van der Waals surface area contributed by atoms with Gasteiger partial charge < -0.3 is 5.11 Å². The molecule has 3 fully saturated rings. The molecule has 0 aliphatic heterocycles. The first kappa shape index (κ1) is 16.3. The molecule has 6 atom stereocenters. The third kappa shape index (κ3) is 1.89. The van der Waals surface area contributed by atoms with Crippen LogP contribution in [0.5, 0.6) is 0 Å². The van der Waals surface area contributed by atoms with E-state index in [9.17, 15) is 9.90 Å². The van der Waals surface area contributed by atoms with Crippen LogP contribution >= 0.6 is 0 Å². The van der Waals surface area contributed by atoms with Crippen LogP contribution in [0.15, 0.2) is 35.5 Å². The minimum atomic E-state index is -0.142. The summed E-state index contributed by atoms with van der Waals surface area (Å²) in [7, 11) is 0. The van der Waals surface area contributed by atoms with Crippen molar-refractivity contribution in [2.75, 3.05) is 0 Å². The van der Waals surface area contributed by atoms with E-state index in [4.69, 9.17) is 0 Å². The minimum absolute atomic E-state index is 0.0475. The van der Waals surface area contributed by atoms with Crippen molar-refractivity contribution in [1.82, 2.24) is 0 Å². The predicted octanol–water partition coefficient (Wildman–Crippen LogP) is 4.60. The van der Waals surface area contributed by atoms with Crippen LogP contribution in [0, 0.1) is 28.6 Å². The van der Waals surface area contributed by atoms with Crippen molar-refractivity contribution in [2.24, 2.45) is 28.6 Å². The highest BCUT2D eigenvalue weighted by atomic mass is 16.3. The van der Waals surface area contributed by atoms with E-state index in [0.717, 1.165) is 44.1 Å². The van der Waals surface area contributed by atoms with Gasteiger partial charge in [0, 0.05) is 11.0 Å². The number of aliphatic hydroxyl groups excluding tert-OH is 1. The molecule has 4 rings (SSSR count). The Morgan fingerprint density at radius 1 is 1.25 bits per heavy atom. The van der Waals surface area contributed by atoms with Gasteiger partial charge in [-0.2, -0.15) is 0 Å². The SMILES string of the molecule is C=C1C[C@H]2[C@@H]3CC[C@H](O)[C@@]3(C)CC[C@@H]2[C@@]2(C)C=CC(=O)C(CC)=C12. The number of rotatable bonds is 1. The molecule has 4 aliphatic rings. The Morgan fingerprint density at radius 3 is 2.71 bits per heavy atom. The lowest BCUT2D eigenvalue weighted by molar-refractivity contribution is -0.112. The Labute approximate surface area is 145 Å². The molecule has 0 spiro atoms. The van der Waals surface area contributed by atoms with Gasteiger partial charge in [0.05, 0.1) is 6.10 Å². The van der Waals surface area contributed by atoms with Gasteiger partial charge in [0.1, 0.15) is 0 Å². The van der Waals surface area contributed by atoms with E-state index < -0.39 is 0 Å². The first-order valence-corrected chi connectivity index (χ1v) is 9.66. The summed E-state index contributed by atoms with van der Waals surface area (Å²) in [6.45, 7) is 11.1. The van der Waals surface area contributed by atoms with E-state index in [1.807, 2.05) is 6.08 Å². The largest absolute Gasteiger partial charge is 0.393 e. The monoisotopic (exact) mass is 326 g/mol. The van der Waals surface area contributed by atoms with Crippen molar-refractivity contribution in [3.63, 3.8) is 0 Å². The van der Waals surface area contributed by atoms with Crippen molar-refractivity contribution in [1.29, 1.82) is 0 Å². The number of allylic oxidation sites excluding steroid dienone is 5. The number of fused-ring (bicyclic) bond motifs is 5. The van der Waals surface area contributed by atoms with Crippen LogP contribution in [0.3, 0.4) is 0 Å². The fourth-order valence-corrected chi connectivity index (χ4v) is 6.81. The number of carbonyl (C=O) groups is 1. The predicted molar refractivity (Wildman–Crippen MR) is 96.4 cm³/mol. The quantitative estimate of drug-likeness (QED) is 0.764. The van der Waals surface area contributed by atoms with E-state index in [2.05, 4.69) is 33.4 Å². The van der Waals surface area contributed by atoms with Crippen LogP contribution in [0.1, 0.15) is 59.3 Å². The number of ketones is 1. The maximum atomic E-state index is 12.4. The zero-order valence-corrected chi connectivity index (χ0v) is 15.3. The van der Waals surface area contributed by atoms with Gasteiger partial charge in [-0.1, -0.05) is 39.0 Å². The van der Waals surface area contributed by atoms with Crippen molar-refractivity contribution in [2.45, 2.75) is 65.4 Å². The van der Waals surface area contributed by atoms with E-state index in [1.54, 1.807) is 0 Å². The summed E-state index contributed by atoms with van der Waals surface area (Å²) in [5.41, 5.74) is 3.46. The number of carbonyl (C=O) groups excluding carboxylic acids is 1. The highest BCUT2D eigenvalue weighted by Gasteiger charge is 2.59. The molecule has 0 unspecified atom stereocenters. The zero-order valence-electron chi connectivity index (χ0n) is 15.3. The Morgan fingerprint density at radius 2 is 2.00 bits per heavy atom. The Kier molecular flexibility index (Phi) is 3.52. The van der Waals surface area contributed by atoms with Crippen LogP contribution in [-0.4, -0.2) is 17.0 Å². The summed E-state index contributed by atoms with van der Waals surface area (Å²) >= 11 is 0. The van der Waals surface area contributed by atoms with E-state index in [0.29, 0.717) is 17.8 Å². The molecule has 0 radical (unpaired) electrons. The molecule has 0 bridgehead atoms. The molecule has 24 heavy (non-hydrogen) atoms. The summed E-state index contributed by atoms with van der Waals surface area (Å²) < 4.78 is 0. The molecular formula is C22H30O2. The normalized spacial score (nSPS) is 47.5. The third-order valence-electron chi connectivity index (χ3n) is 8.07. The molecule has 4 aliphatic carbocycles. The van der Waals surface area contributed by atoms with Crippen molar-refractivity contribution in [3.05, 3.63) is 35.5 Å². The molecule has 0 amide bonds. The first-order chi connectivity index (χ1) is 11.3. The summed E-state index contributed by atoms with van der Waals surface area (Å²) in [6.07, 6.45) is 10.0. The Bertz CT molecular complexity index is 669. The molecule has 1 N–H and O–H groups in total.